The Morgan fingerprint density at radius 3 is 2.59 bits per heavy atom. The third-order valence-electron chi connectivity index (χ3n) is 3.73. The highest BCUT2D eigenvalue weighted by Crippen LogP contribution is 2.43. The van der Waals surface area contributed by atoms with Crippen molar-refractivity contribution in [3.05, 3.63) is 42.1 Å². The first-order chi connectivity index (χ1) is 8.34. The standard InChI is InChI=1S/C14H15NO2/c16-10-14(7-4-8-14)13-9-12(17-15-13)11-5-2-1-3-6-11/h1-3,5-6,9,16H,4,7-8,10H2. The van der Waals surface area contributed by atoms with Gasteiger partial charge in [0, 0.05) is 17.0 Å². The molecule has 1 aromatic carbocycles. The Hall–Kier alpha value is -1.61. The van der Waals surface area contributed by atoms with E-state index in [1.54, 1.807) is 0 Å². The lowest BCUT2D eigenvalue weighted by atomic mass is 9.67. The summed E-state index contributed by atoms with van der Waals surface area (Å²) >= 11 is 0. The molecule has 0 atom stereocenters. The summed E-state index contributed by atoms with van der Waals surface area (Å²) in [6.45, 7) is 0.160. The van der Waals surface area contributed by atoms with E-state index in [-0.39, 0.29) is 12.0 Å². The van der Waals surface area contributed by atoms with Crippen LogP contribution in [0.4, 0.5) is 0 Å². The van der Waals surface area contributed by atoms with E-state index in [2.05, 4.69) is 5.16 Å². The van der Waals surface area contributed by atoms with Crippen LogP contribution in [-0.2, 0) is 5.41 Å². The second-order valence-corrected chi connectivity index (χ2v) is 4.73. The molecule has 1 saturated carbocycles. The van der Waals surface area contributed by atoms with Gasteiger partial charge in [-0.25, -0.2) is 0 Å². The first-order valence-corrected chi connectivity index (χ1v) is 5.98. The molecule has 1 aliphatic rings. The van der Waals surface area contributed by atoms with Gasteiger partial charge in [0.25, 0.3) is 0 Å². The summed E-state index contributed by atoms with van der Waals surface area (Å²) in [6.07, 6.45) is 3.17. The van der Waals surface area contributed by atoms with Crippen molar-refractivity contribution in [1.82, 2.24) is 5.16 Å². The predicted molar refractivity (Wildman–Crippen MR) is 64.6 cm³/mol. The molecule has 0 saturated heterocycles. The van der Waals surface area contributed by atoms with Crippen LogP contribution in [0.1, 0.15) is 25.0 Å². The van der Waals surface area contributed by atoms with E-state index < -0.39 is 0 Å². The van der Waals surface area contributed by atoms with Crippen molar-refractivity contribution in [2.24, 2.45) is 0 Å². The molecule has 1 fully saturated rings. The molecule has 0 unspecified atom stereocenters. The molecule has 0 aliphatic heterocycles. The third kappa shape index (κ3) is 1.67. The average Bonchev–Trinajstić information content (AvgIpc) is 2.80. The Balaban J connectivity index is 1.93. The van der Waals surface area contributed by atoms with Crippen LogP contribution in [0.3, 0.4) is 0 Å². The van der Waals surface area contributed by atoms with Crippen molar-refractivity contribution in [3.63, 3.8) is 0 Å². The van der Waals surface area contributed by atoms with Gasteiger partial charge in [-0.05, 0) is 12.8 Å². The highest BCUT2D eigenvalue weighted by Gasteiger charge is 2.40. The molecule has 3 heteroatoms. The lowest BCUT2D eigenvalue weighted by molar-refractivity contribution is 0.113. The zero-order valence-electron chi connectivity index (χ0n) is 9.60. The number of rotatable bonds is 3. The first kappa shape index (κ1) is 10.5. The van der Waals surface area contributed by atoms with Gasteiger partial charge in [0.1, 0.15) is 0 Å². The quantitative estimate of drug-likeness (QED) is 0.880. The lowest BCUT2D eigenvalue weighted by Gasteiger charge is -2.38. The van der Waals surface area contributed by atoms with E-state index in [9.17, 15) is 5.11 Å². The summed E-state index contributed by atoms with van der Waals surface area (Å²) in [7, 11) is 0. The number of aromatic nitrogens is 1. The van der Waals surface area contributed by atoms with Gasteiger partial charge in [0.15, 0.2) is 5.76 Å². The fraction of sp³-hybridized carbons (Fsp3) is 0.357. The Morgan fingerprint density at radius 2 is 2.00 bits per heavy atom. The number of hydrogen-bond donors (Lipinski definition) is 1. The SMILES string of the molecule is OCC1(c2cc(-c3ccccc3)on2)CCC1. The summed E-state index contributed by atoms with van der Waals surface area (Å²) < 4.78 is 5.37. The Labute approximate surface area is 100 Å². The molecule has 1 aromatic heterocycles. The molecule has 88 valence electrons. The summed E-state index contributed by atoms with van der Waals surface area (Å²) in [5.41, 5.74) is 1.78. The average molecular weight is 229 g/mol. The Morgan fingerprint density at radius 1 is 1.24 bits per heavy atom. The maximum atomic E-state index is 9.49. The molecule has 0 radical (unpaired) electrons. The van der Waals surface area contributed by atoms with Crippen LogP contribution in [0, 0.1) is 0 Å². The van der Waals surface area contributed by atoms with Gasteiger partial charge in [-0.2, -0.15) is 0 Å². The Bertz CT molecular complexity index is 494. The van der Waals surface area contributed by atoms with Crippen molar-refractivity contribution in [3.8, 4) is 11.3 Å². The summed E-state index contributed by atoms with van der Waals surface area (Å²) in [4.78, 5) is 0. The van der Waals surface area contributed by atoms with E-state index in [1.165, 1.54) is 0 Å². The van der Waals surface area contributed by atoms with Gasteiger partial charge in [0.05, 0.1) is 12.3 Å². The number of hydrogen-bond acceptors (Lipinski definition) is 3. The molecular weight excluding hydrogens is 214 g/mol. The van der Waals surface area contributed by atoms with Crippen LogP contribution < -0.4 is 0 Å². The first-order valence-electron chi connectivity index (χ1n) is 5.98. The molecule has 1 N–H and O–H groups in total. The normalized spacial score (nSPS) is 17.7. The molecule has 3 nitrogen and oxygen atoms in total. The van der Waals surface area contributed by atoms with Crippen LogP contribution in [0.2, 0.25) is 0 Å². The van der Waals surface area contributed by atoms with E-state index in [1.807, 2.05) is 36.4 Å². The van der Waals surface area contributed by atoms with Gasteiger partial charge in [-0.3, -0.25) is 0 Å². The largest absolute Gasteiger partial charge is 0.395 e. The molecule has 0 spiro atoms. The monoisotopic (exact) mass is 229 g/mol. The van der Waals surface area contributed by atoms with Crippen LogP contribution in [0.25, 0.3) is 11.3 Å². The smallest absolute Gasteiger partial charge is 0.167 e. The minimum atomic E-state index is -0.142. The van der Waals surface area contributed by atoms with Crippen LogP contribution in [0.5, 0.6) is 0 Å². The summed E-state index contributed by atoms with van der Waals surface area (Å²) in [6, 6.07) is 11.9. The second-order valence-electron chi connectivity index (χ2n) is 4.73. The highest BCUT2D eigenvalue weighted by atomic mass is 16.5. The summed E-state index contributed by atoms with van der Waals surface area (Å²) in [5, 5.41) is 13.6. The fourth-order valence-corrected chi connectivity index (χ4v) is 2.36. The van der Waals surface area contributed by atoms with Crippen LogP contribution in [0.15, 0.2) is 40.9 Å². The second kappa shape index (κ2) is 4.00. The van der Waals surface area contributed by atoms with E-state index in [0.717, 1.165) is 36.3 Å². The number of benzene rings is 1. The van der Waals surface area contributed by atoms with Gasteiger partial charge >= 0.3 is 0 Å². The maximum absolute atomic E-state index is 9.49. The maximum Gasteiger partial charge on any atom is 0.167 e. The van der Waals surface area contributed by atoms with Crippen molar-refractivity contribution in [2.75, 3.05) is 6.61 Å². The Kier molecular flexibility index (Phi) is 2.48. The van der Waals surface area contributed by atoms with E-state index >= 15 is 0 Å². The number of nitrogens with zero attached hydrogens (tertiary/aromatic N) is 1. The fourth-order valence-electron chi connectivity index (χ4n) is 2.36. The van der Waals surface area contributed by atoms with E-state index in [0.29, 0.717) is 0 Å². The third-order valence-corrected chi connectivity index (χ3v) is 3.73. The summed E-state index contributed by atoms with van der Waals surface area (Å²) in [5.74, 6) is 0.778. The molecule has 0 bridgehead atoms. The van der Waals surface area contributed by atoms with Gasteiger partial charge in [0.2, 0.25) is 0 Å². The van der Waals surface area contributed by atoms with Crippen molar-refractivity contribution < 1.29 is 9.63 Å². The van der Waals surface area contributed by atoms with Crippen molar-refractivity contribution in [1.29, 1.82) is 0 Å². The van der Waals surface area contributed by atoms with Crippen LogP contribution >= 0.6 is 0 Å². The molecule has 0 amide bonds. The number of aliphatic hydroxyl groups is 1. The molecule has 17 heavy (non-hydrogen) atoms. The molecule has 3 rings (SSSR count). The number of aliphatic hydroxyl groups excluding tert-OH is 1. The zero-order chi connectivity index (χ0) is 11.7. The highest BCUT2D eigenvalue weighted by molar-refractivity contribution is 5.57. The minimum absolute atomic E-state index is 0.142. The topological polar surface area (TPSA) is 46.3 Å². The lowest BCUT2D eigenvalue weighted by Crippen LogP contribution is -2.38. The molecular formula is C14H15NO2. The van der Waals surface area contributed by atoms with Crippen LogP contribution in [-0.4, -0.2) is 16.9 Å². The van der Waals surface area contributed by atoms with E-state index in [4.69, 9.17) is 4.52 Å². The van der Waals surface area contributed by atoms with Gasteiger partial charge in [-0.1, -0.05) is 41.9 Å². The van der Waals surface area contributed by atoms with Gasteiger partial charge < -0.3 is 9.63 Å². The molecule has 1 aliphatic carbocycles. The molecule has 2 aromatic rings. The minimum Gasteiger partial charge on any atom is -0.395 e. The van der Waals surface area contributed by atoms with Gasteiger partial charge in [-0.15, -0.1) is 0 Å². The van der Waals surface area contributed by atoms with Crippen molar-refractivity contribution >= 4 is 0 Å². The zero-order valence-corrected chi connectivity index (χ0v) is 9.60. The predicted octanol–water partition coefficient (Wildman–Crippen LogP) is 2.76. The van der Waals surface area contributed by atoms with Crippen molar-refractivity contribution in [2.45, 2.75) is 24.7 Å². The molecule has 1 heterocycles.